The average molecular weight is 489 g/mol. The Bertz CT molecular complexity index is 1390. The Morgan fingerprint density at radius 2 is 2.03 bits per heavy atom. The van der Waals surface area contributed by atoms with Gasteiger partial charge in [0.15, 0.2) is 0 Å². The summed E-state index contributed by atoms with van der Waals surface area (Å²) in [5.41, 5.74) is 0.518. The molecule has 0 spiro atoms. The van der Waals surface area contributed by atoms with Crippen molar-refractivity contribution in [2.45, 2.75) is 34.9 Å². The van der Waals surface area contributed by atoms with Crippen LogP contribution in [0.4, 0.5) is 0 Å². The van der Waals surface area contributed by atoms with Gasteiger partial charge < -0.3 is 9.40 Å². The molecule has 0 amide bonds. The quantitative estimate of drug-likeness (QED) is 0.407. The number of hydrogen-bond donors (Lipinski definition) is 1. The highest BCUT2D eigenvalue weighted by Gasteiger charge is 2.26. The highest BCUT2D eigenvalue weighted by atomic mass is 32.2. The zero-order valence-corrected chi connectivity index (χ0v) is 19.4. The number of thiophene rings is 1. The third-order valence-electron chi connectivity index (χ3n) is 5.30. The van der Waals surface area contributed by atoms with Gasteiger partial charge in [0.1, 0.15) is 21.3 Å². The fourth-order valence-corrected chi connectivity index (χ4v) is 6.80. The van der Waals surface area contributed by atoms with Crippen LogP contribution in [0.2, 0.25) is 0 Å². The van der Waals surface area contributed by atoms with Crippen LogP contribution in [0, 0.1) is 0 Å². The molecule has 0 aliphatic carbocycles. The van der Waals surface area contributed by atoms with Gasteiger partial charge in [0.05, 0.1) is 22.4 Å². The lowest BCUT2D eigenvalue weighted by Gasteiger charge is -2.25. The summed E-state index contributed by atoms with van der Waals surface area (Å²) in [7, 11) is -3.50. The molecule has 0 unspecified atom stereocenters. The highest BCUT2D eigenvalue weighted by Crippen LogP contribution is 2.31. The molecule has 1 N–H and O–H groups in total. The fourth-order valence-electron chi connectivity index (χ4n) is 3.68. The molecule has 0 bridgehead atoms. The van der Waals surface area contributed by atoms with Crippen LogP contribution < -0.4 is 5.56 Å². The van der Waals surface area contributed by atoms with Gasteiger partial charge in [-0.2, -0.15) is 4.31 Å². The first-order chi connectivity index (χ1) is 15.5. The second-order valence-corrected chi connectivity index (χ2v) is 11.2. The Hall–Kier alpha value is -2.47. The Kier molecular flexibility index (Phi) is 5.89. The van der Waals surface area contributed by atoms with Crippen LogP contribution in [0.15, 0.2) is 61.2 Å². The summed E-state index contributed by atoms with van der Waals surface area (Å²) in [6.45, 7) is 1.12. The second-order valence-electron chi connectivity index (χ2n) is 7.41. The number of nitrogens with zero attached hydrogens (tertiary/aromatic N) is 3. The van der Waals surface area contributed by atoms with E-state index in [0.29, 0.717) is 45.7 Å². The van der Waals surface area contributed by atoms with E-state index in [4.69, 9.17) is 4.42 Å². The zero-order chi connectivity index (χ0) is 22.1. The summed E-state index contributed by atoms with van der Waals surface area (Å²) in [6.07, 6.45) is 5.83. The molecule has 1 aliphatic heterocycles. The van der Waals surface area contributed by atoms with Gasteiger partial charge in [0.2, 0.25) is 10.0 Å². The number of thioether (sulfide) groups is 1. The molecule has 166 valence electrons. The molecule has 4 aromatic heterocycles. The fraction of sp³-hybridized carbons (Fsp3) is 0.286. The predicted octanol–water partition coefficient (Wildman–Crippen LogP) is 4.11. The largest absolute Gasteiger partial charge is 0.464 e. The molecule has 5 rings (SSSR count). The number of furan rings is 1. The van der Waals surface area contributed by atoms with Gasteiger partial charge in [0, 0.05) is 30.2 Å². The maximum Gasteiger partial charge on any atom is 0.260 e. The second kappa shape index (κ2) is 8.81. The molecule has 4 aromatic rings. The van der Waals surface area contributed by atoms with E-state index in [1.54, 1.807) is 24.5 Å². The minimum Gasteiger partial charge on any atom is -0.464 e. The van der Waals surface area contributed by atoms with Crippen LogP contribution in [0.3, 0.4) is 0 Å². The Morgan fingerprint density at radius 1 is 1.19 bits per heavy atom. The van der Waals surface area contributed by atoms with E-state index < -0.39 is 10.0 Å². The van der Waals surface area contributed by atoms with Crippen LogP contribution in [-0.4, -0.2) is 40.8 Å². The molecule has 0 aromatic carbocycles. The van der Waals surface area contributed by atoms with E-state index in [-0.39, 0.29) is 10.5 Å². The number of hydrogen-bond acceptors (Lipinski definition) is 8. The SMILES string of the molecule is O=c1[nH]c(CSc2ccc(S(=O)(=O)N3CCCCC3)cn2)nc2scc(-c3ccco3)c12. The van der Waals surface area contributed by atoms with Crippen molar-refractivity contribution < 1.29 is 12.8 Å². The van der Waals surface area contributed by atoms with Gasteiger partial charge in [-0.05, 0) is 37.1 Å². The van der Waals surface area contributed by atoms with Crippen LogP contribution >= 0.6 is 23.1 Å². The zero-order valence-electron chi connectivity index (χ0n) is 17.0. The van der Waals surface area contributed by atoms with Crippen LogP contribution in [-0.2, 0) is 15.8 Å². The number of fused-ring (bicyclic) bond motifs is 1. The van der Waals surface area contributed by atoms with Crippen LogP contribution in [0.25, 0.3) is 21.5 Å². The first-order valence-corrected chi connectivity index (χ1v) is 13.5. The molecule has 11 heteroatoms. The molecule has 0 radical (unpaired) electrons. The number of aromatic amines is 1. The Morgan fingerprint density at radius 3 is 2.75 bits per heavy atom. The first-order valence-electron chi connectivity index (χ1n) is 10.2. The first kappa shape index (κ1) is 21.4. The van der Waals surface area contributed by atoms with E-state index >= 15 is 0 Å². The molecule has 32 heavy (non-hydrogen) atoms. The summed E-state index contributed by atoms with van der Waals surface area (Å²) < 4.78 is 32.4. The number of nitrogens with one attached hydrogen (secondary N) is 1. The maximum absolute atomic E-state index is 12.8. The molecular weight excluding hydrogens is 468 g/mol. The number of aromatic nitrogens is 3. The number of sulfonamides is 1. The molecule has 5 heterocycles. The number of pyridine rings is 1. The lowest BCUT2D eigenvalue weighted by Crippen LogP contribution is -2.35. The van der Waals surface area contributed by atoms with Crippen molar-refractivity contribution in [3.63, 3.8) is 0 Å². The topological polar surface area (TPSA) is 109 Å². The number of H-pyrrole nitrogens is 1. The van der Waals surface area contributed by atoms with Crippen molar-refractivity contribution in [1.29, 1.82) is 0 Å². The van der Waals surface area contributed by atoms with E-state index in [2.05, 4.69) is 15.0 Å². The third kappa shape index (κ3) is 4.13. The lowest BCUT2D eigenvalue weighted by molar-refractivity contribution is 0.346. The highest BCUT2D eigenvalue weighted by molar-refractivity contribution is 7.98. The van der Waals surface area contributed by atoms with Gasteiger partial charge in [-0.1, -0.05) is 18.2 Å². The van der Waals surface area contributed by atoms with E-state index in [9.17, 15) is 13.2 Å². The minimum atomic E-state index is -3.50. The summed E-state index contributed by atoms with van der Waals surface area (Å²) in [4.78, 5) is 25.2. The van der Waals surface area contributed by atoms with E-state index in [1.165, 1.54) is 33.6 Å². The van der Waals surface area contributed by atoms with Crippen molar-refractivity contribution in [2.24, 2.45) is 0 Å². The standard InChI is InChI=1S/C21H20N4O4S3/c26-20-19-15(16-5-4-10-29-16)12-31-21(19)24-17(23-20)13-30-18-7-6-14(11-22-18)32(27,28)25-8-2-1-3-9-25/h4-7,10-12H,1-3,8-9,13H2,(H,23,24,26). The average Bonchev–Trinajstić information content (AvgIpc) is 3.49. The van der Waals surface area contributed by atoms with Crippen molar-refractivity contribution in [1.82, 2.24) is 19.3 Å². The van der Waals surface area contributed by atoms with Crippen molar-refractivity contribution in [2.75, 3.05) is 13.1 Å². The summed E-state index contributed by atoms with van der Waals surface area (Å²) >= 11 is 2.78. The Labute approximate surface area is 192 Å². The van der Waals surface area contributed by atoms with Crippen LogP contribution in [0.1, 0.15) is 25.1 Å². The Balaban J connectivity index is 1.31. The third-order valence-corrected chi connectivity index (χ3v) is 9.01. The van der Waals surface area contributed by atoms with Gasteiger partial charge >= 0.3 is 0 Å². The lowest BCUT2D eigenvalue weighted by atomic mass is 10.2. The summed E-state index contributed by atoms with van der Waals surface area (Å²) in [5, 5.41) is 3.04. The number of piperidine rings is 1. The van der Waals surface area contributed by atoms with Crippen LogP contribution in [0.5, 0.6) is 0 Å². The summed E-state index contributed by atoms with van der Waals surface area (Å²) in [6, 6.07) is 6.87. The summed E-state index contributed by atoms with van der Waals surface area (Å²) in [5.74, 6) is 1.58. The molecule has 8 nitrogen and oxygen atoms in total. The normalized spacial score (nSPS) is 15.4. The monoisotopic (exact) mass is 488 g/mol. The molecule has 1 fully saturated rings. The molecule has 1 aliphatic rings. The smallest absolute Gasteiger partial charge is 0.260 e. The van der Waals surface area contributed by atoms with Gasteiger partial charge in [-0.15, -0.1) is 11.3 Å². The van der Waals surface area contributed by atoms with E-state index in [1.807, 2.05) is 11.4 Å². The van der Waals surface area contributed by atoms with Gasteiger partial charge in [-0.3, -0.25) is 4.79 Å². The molecule has 0 atom stereocenters. The number of rotatable bonds is 6. The molecule has 0 saturated carbocycles. The molecular formula is C21H20N4O4S3. The molecule has 1 saturated heterocycles. The van der Waals surface area contributed by atoms with Crippen molar-refractivity contribution in [3.05, 3.63) is 58.3 Å². The minimum absolute atomic E-state index is 0.209. The van der Waals surface area contributed by atoms with Crippen molar-refractivity contribution in [3.8, 4) is 11.3 Å². The maximum atomic E-state index is 12.8. The van der Waals surface area contributed by atoms with Crippen molar-refractivity contribution >= 4 is 43.3 Å². The van der Waals surface area contributed by atoms with E-state index in [0.717, 1.165) is 24.8 Å². The predicted molar refractivity (Wildman–Crippen MR) is 124 cm³/mol. The van der Waals surface area contributed by atoms with Gasteiger partial charge in [0.25, 0.3) is 5.56 Å². The van der Waals surface area contributed by atoms with Gasteiger partial charge in [-0.25, -0.2) is 18.4 Å².